The van der Waals surface area contributed by atoms with E-state index >= 15 is 0 Å². The van der Waals surface area contributed by atoms with E-state index in [4.69, 9.17) is 4.52 Å². The molecule has 3 fully saturated rings. The molecule has 0 aliphatic carbocycles. The summed E-state index contributed by atoms with van der Waals surface area (Å²) < 4.78 is 5.09. The van der Waals surface area contributed by atoms with Gasteiger partial charge in [0.1, 0.15) is 0 Å². The summed E-state index contributed by atoms with van der Waals surface area (Å²) in [5, 5.41) is 4.03. The molecule has 1 aromatic heterocycles. The monoisotopic (exact) mass is 347 g/mol. The Labute approximate surface area is 149 Å². The number of hydrogen-bond donors (Lipinski definition) is 0. The Bertz CT molecular complexity index is 590. The molecule has 0 N–H and O–H groups in total. The van der Waals surface area contributed by atoms with Crippen LogP contribution in [-0.2, 0) is 4.79 Å². The van der Waals surface area contributed by atoms with Crippen molar-refractivity contribution in [2.24, 2.45) is 5.92 Å². The molecule has 4 rings (SSSR count). The standard InChI is InChI=1S/C18H29N5O2/c1-14-19-18(20-25-14)22-11-6-16(7-12-22)23-10-4-5-15(13-23)17(24)21-8-2-3-9-21/h15-16H,2-13H2,1H3. The van der Waals surface area contributed by atoms with Gasteiger partial charge in [0, 0.05) is 45.7 Å². The van der Waals surface area contributed by atoms with Gasteiger partial charge in [-0.05, 0) is 50.2 Å². The zero-order valence-corrected chi connectivity index (χ0v) is 15.2. The summed E-state index contributed by atoms with van der Waals surface area (Å²) in [5.41, 5.74) is 0. The van der Waals surface area contributed by atoms with Crippen LogP contribution in [0, 0.1) is 12.8 Å². The number of nitrogens with zero attached hydrogens (tertiary/aromatic N) is 5. The first-order valence-electron chi connectivity index (χ1n) is 9.79. The topological polar surface area (TPSA) is 65.7 Å². The van der Waals surface area contributed by atoms with Crippen molar-refractivity contribution in [1.29, 1.82) is 0 Å². The molecule has 3 aliphatic rings. The van der Waals surface area contributed by atoms with Gasteiger partial charge in [-0.1, -0.05) is 0 Å². The van der Waals surface area contributed by atoms with Gasteiger partial charge in [-0.2, -0.15) is 4.98 Å². The van der Waals surface area contributed by atoms with Crippen LogP contribution in [0.2, 0.25) is 0 Å². The second kappa shape index (κ2) is 7.32. The van der Waals surface area contributed by atoms with Gasteiger partial charge < -0.3 is 14.3 Å². The molecule has 0 saturated carbocycles. The lowest BCUT2D eigenvalue weighted by atomic mass is 9.93. The van der Waals surface area contributed by atoms with E-state index in [0.29, 0.717) is 17.8 Å². The highest BCUT2D eigenvalue weighted by Gasteiger charge is 2.34. The van der Waals surface area contributed by atoms with Crippen LogP contribution in [0.3, 0.4) is 0 Å². The Morgan fingerprint density at radius 2 is 1.80 bits per heavy atom. The van der Waals surface area contributed by atoms with Crippen molar-refractivity contribution in [3.05, 3.63) is 5.89 Å². The van der Waals surface area contributed by atoms with E-state index in [1.807, 2.05) is 6.92 Å². The van der Waals surface area contributed by atoms with Gasteiger partial charge in [-0.15, -0.1) is 0 Å². The maximum Gasteiger partial charge on any atom is 0.266 e. The van der Waals surface area contributed by atoms with Gasteiger partial charge in [-0.3, -0.25) is 9.69 Å². The van der Waals surface area contributed by atoms with Crippen molar-refractivity contribution in [2.75, 3.05) is 44.2 Å². The third-order valence-electron chi connectivity index (χ3n) is 6.00. The Hall–Kier alpha value is -1.63. The second-order valence-electron chi connectivity index (χ2n) is 7.70. The van der Waals surface area contributed by atoms with E-state index < -0.39 is 0 Å². The molecule has 7 heteroatoms. The van der Waals surface area contributed by atoms with Gasteiger partial charge in [-0.25, -0.2) is 0 Å². The second-order valence-corrected chi connectivity index (χ2v) is 7.70. The molecule has 4 heterocycles. The molecule has 1 atom stereocenters. The van der Waals surface area contributed by atoms with Crippen LogP contribution in [0.1, 0.15) is 44.4 Å². The van der Waals surface area contributed by atoms with E-state index in [0.717, 1.165) is 70.9 Å². The molecule has 3 aliphatic heterocycles. The maximum absolute atomic E-state index is 12.7. The van der Waals surface area contributed by atoms with E-state index in [9.17, 15) is 4.79 Å². The first-order valence-corrected chi connectivity index (χ1v) is 9.79. The average Bonchev–Trinajstić information content (AvgIpc) is 3.33. The molecule has 0 bridgehead atoms. The predicted molar refractivity (Wildman–Crippen MR) is 94.4 cm³/mol. The zero-order chi connectivity index (χ0) is 17.2. The molecule has 1 unspecified atom stereocenters. The molecule has 25 heavy (non-hydrogen) atoms. The first-order chi connectivity index (χ1) is 12.2. The lowest BCUT2D eigenvalue weighted by Gasteiger charge is -2.42. The van der Waals surface area contributed by atoms with E-state index in [1.54, 1.807) is 0 Å². The van der Waals surface area contributed by atoms with E-state index in [-0.39, 0.29) is 5.92 Å². The van der Waals surface area contributed by atoms with E-state index in [2.05, 4.69) is 24.8 Å². The van der Waals surface area contributed by atoms with Crippen molar-refractivity contribution in [3.8, 4) is 0 Å². The molecule has 7 nitrogen and oxygen atoms in total. The number of likely N-dealkylation sites (tertiary alicyclic amines) is 2. The molecular weight excluding hydrogens is 318 g/mol. The number of carbonyl (C=O) groups is 1. The van der Waals surface area contributed by atoms with E-state index in [1.165, 1.54) is 12.8 Å². The Kier molecular flexibility index (Phi) is 4.92. The number of carbonyl (C=O) groups excluding carboxylic acids is 1. The Balaban J connectivity index is 1.31. The van der Waals surface area contributed by atoms with Gasteiger partial charge in [0.25, 0.3) is 5.95 Å². The van der Waals surface area contributed by atoms with Crippen LogP contribution in [0.5, 0.6) is 0 Å². The lowest BCUT2D eigenvalue weighted by Crippen LogP contribution is -2.51. The highest BCUT2D eigenvalue weighted by Crippen LogP contribution is 2.27. The molecule has 1 aromatic rings. The summed E-state index contributed by atoms with van der Waals surface area (Å²) in [5.74, 6) is 1.96. The van der Waals surface area contributed by atoms with Crippen LogP contribution < -0.4 is 4.90 Å². The summed E-state index contributed by atoms with van der Waals surface area (Å²) >= 11 is 0. The molecule has 0 spiro atoms. The molecule has 138 valence electrons. The Morgan fingerprint density at radius 3 is 2.48 bits per heavy atom. The lowest BCUT2D eigenvalue weighted by molar-refractivity contribution is -0.136. The fourth-order valence-electron chi connectivity index (χ4n) is 4.58. The molecular formula is C18H29N5O2. The van der Waals surface area contributed by atoms with Crippen LogP contribution in [-0.4, -0.2) is 71.2 Å². The van der Waals surface area contributed by atoms with Crippen LogP contribution >= 0.6 is 0 Å². The molecule has 0 radical (unpaired) electrons. The number of rotatable bonds is 3. The normalized spacial score (nSPS) is 26.4. The van der Waals surface area contributed by atoms with Crippen molar-refractivity contribution in [2.45, 2.75) is 51.5 Å². The smallest absolute Gasteiger partial charge is 0.266 e. The largest absolute Gasteiger partial charge is 0.342 e. The number of aromatic nitrogens is 2. The summed E-state index contributed by atoms with van der Waals surface area (Å²) in [6.45, 7) is 7.77. The molecule has 1 amide bonds. The van der Waals surface area contributed by atoms with Gasteiger partial charge in [0.2, 0.25) is 11.8 Å². The maximum atomic E-state index is 12.7. The summed E-state index contributed by atoms with van der Waals surface area (Å²) in [6, 6.07) is 0.582. The number of amides is 1. The average molecular weight is 347 g/mol. The number of anilines is 1. The minimum atomic E-state index is 0.213. The summed E-state index contributed by atoms with van der Waals surface area (Å²) in [7, 11) is 0. The molecule has 3 saturated heterocycles. The number of hydrogen-bond acceptors (Lipinski definition) is 6. The third kappa shape index (κ3) is 3.66. The summed E-state index contributed by atoms with van der Waals surface area (Å²) in [6.07, 6.45) is 6.78. The minimum Gasteiger partial charge on any atom is -0.342 e. The van der Waals surface area contributed by atoms with Crippen molar-refractivity contribution in [3.63, 3.8) is 0 Å². The van der Waals surface area contributed by atoms with Crippen LogP contribution in [0.25, 0.3) is 0 Å². The zero-order valence-electron chi connectivity index (χ0n) is 15.2. The van der Waals surface area contributed by atoms with Crippen molar-refractivity contribution >= 4 is 11.9 Å². The highest BCUT2D eigenvalue weighted by molar-refractivity contribution is 5.79. The SMILES string of the molecule is Cc1nc(N2CCC(N3CCCC(C(=O)N4CCCC4)C3)CC2)no1. The first kappa shape index (κ1) is 16.8. The number of piperidine rings is 2. The van der Waals surface area contributed by atoms with Crippen LogP contribution in [0.4, 0.5) is 5.95 Å². The van der Waals surface area contributed by atoms with Gasteiger partial charge >= 0.3 is 0 Å². The fraction of sp³-hybridized carbons (Fsp3) is 0.833. The summed E-state index contributed by atoms with van der Waals surface area (Å²) in [4.78, 5) is 23.9. The van der Waals surface area contributed by atoms with Crippen molar-refractivity contribution < 1.29 is 9.32 Å². The Morgan fingerprint density at radius 1 is 1.04 bits per heavy atom. The third-order valence-corrected chi connectivity index (χ3v) is 6.00. The fourth-order valence-corrected chi connectivity index (χ4v) is 4.58. The number of aryl methyl sites for hydroxylation is 1. The molecule has 0 aromatic carbocycles. The van der Waals surface area contributed by atoms with Crippen molar-refractivity contribution in [1.82, 2.24) is 19.9 Å². The van der Waals surface area contributed by atoms with Gasteiger partial charge in [0.05, 0.1) is 5.92 Å². The predicted octanol–water partition coefficient (Wildman–Crippen LogP) is 1.68. The highest BCUT2D eigenvalue weighted by atomic mass is 16.5. The van der Waals surface area contributed by atoms with Crippen LogP contribution in [0.15, 0.2) is 4.52 Å². The quantitative estimate of drug-likeness (QED) is 0.829. The van der Waals surface area contributed by atoms with Gasteiger partial charge in [0.15, 0.2) is 0 Å². The minimum absolute atomic E-state index is 0.213.